The van der Waals surface area contributed by atoms with E-state index in [9.17, 15) is 4.79 Å². The van der Waals surface area contributed by atoms with Gasteiger partial charge in [0, 0.05) is 16.9 Å². The lowest BCUT2D eigenvalue weighted by molar-refractivity contribution is -0.130. The monoisotopic (exact) mass is 531 g/mol. The number of hydrogen-bond acceptors (Lipinski definition) is 5. The average Bonchev–Trinajstić information content (AvgIpc) is 2.87. The fourth-order valence-corrected chi connectivity index (χ4v) is 5.86. The van der Waals surface area contributed by atoms with Crippen LogP contribution in [-0.4, -0.2) is 30.0 Å². The molecule has 7 nitrogen and oxygen atoms in total. The van der Waals surface area contributed by atoms with Crippen molar-refractivity contribution < 1.29 is 19.0 Å². The number of carbonyl (C=O) groups is 1. The van der Waals surface area contributed by atoms with E-state index >= 15 is 0 Å². The van der Waals surface area contributed by atoms with Gasteiger partial charge in [-0.25, -0.2) is 0 Å². The number of nitrogens with one attached hydrogen (secondary N) is 2. The second kappa shape index (κ2) is 10.2. The van der Waals surface area contributed by atoms with Gasteiger partial charge in [-0.3, -0.25) is 9.69 Å². The molecule has 1 saturated heterocycles. The van der Waals surface area contributed by atoms with Crippen molar-refractivity contribution in [2.24, 2.45) is 5.92 Å². The SMILES string of the molecule is CCOc1ccc(N2C(=S)NC3c4cccc(OCC)c4OC2(C)C3C(=O)Nc2ccc(C)cc2C)cc1. The molecule has 2 heterocycles. The number of anilines is 2. The van der Waals surface area contributed by atoms with E-state index in [1.54, 1.807) is 0 Å². The van der Waals surface area contributed by atoms with Gasteiger partial charge < -0.3 is 24.8 Å². The van der Waals surface area contributed by atoms with Crippen LogP contribution in [0.25, 0.3) is 0 Å². The molecule has 0 saturated carbocycles. The van der Waals surface area contributed by atoms with E-state index in [1.807, 2.05) is 94.1 Å². The van der Waals surface area contributed by atoms with Crippen molar-refractivity contribution >= 4 is 34.6 Å². The molecule has 1 fully saturated rings. The molecule has 3 atom stereocenters. The van der Waals surface area contributed by atoms with Crippen LogP contribution in [0.2, 0.25) is 0 Å². The molecule has 3 aromatic rings. The number of carbonyl (C=O) groups excluding carboxylic acids is 1. The Balaban J connectivity index is 1.62. The van der Waals surface area contributed by atoms with Crippen molar-refractivity contribution in [3.63, 3.8) is 0 Å². The van der Waals surface area contributed by atoms with Gasteiger partial charge in [-0.1, -0.05) is 29.8 Å². The highest BCUT2D eigenvalue weighted by Gasteiger charge is 2.59. The first kappa shape index (κ1) is 25.9. The van der Waals surface area contributed by atoms with E-state index in [2.05, 4.69) is 16.7 Å². The summed E-state index contributed by atoms with van der Waals surface area (Å²) in [5.41, 5.74) is 3.37. The molecule has 2 aliphatic rings. The van der Waals surface area contributed by atoms with Crippen molar-refractivity contribution in [2.75, 3.05) is 23.4 Å². The van der Waals surface area contributed by atoms with E-state index < -0.39 is 17.7 Å². The van der Waals surface area contributed by atoms with Gasteiger partial charge >= 0.3 is 0 Å². The fraction of sp³-hybridized carbons (Fsp3) is 0.333. The first-order valence-corrected chi connectivity index (χ1v) is 13.3. The van der Waals surface area contributed by atoms with Gasteiger partial charge in [0.2, 0.25) is 5.91 Å². The molecular formula is C30H33N3O4S. The minimum atomic E-state index is -1.15. The number of nitrogens with zero attached hydrogens (tertiary/aromatic N) is 1. The summed E-state index contributed by atoms with van der Waals surface area (Å²) in [5.74, 6) is 1.20. The number of benzene rings is 3. The molecule has 0 spiro atoms. The van der Waals surface area contributed by atoms with Gasteiger partial charge in [0.05, 0.1) is 19.3 Å². The maximum Gasteiger partial charge on any atom is 0.236 e. The van der Waals surface area contributed by atoms with Crippen LogP contribution in [0, 0.1) is 19.8 Å². The summed E-state index contributed by atoms with van der Waals surface area (Å²) in [6.45, 7) is 10.9. The standard InChI is InChI=1S/C30H33N3O4S/c1-6-35-21-14-12-20(13-15-21)33-29(38)32-26-22-9-8-10-24(36-7-2)27(22)37-30(33,5)25(26)28(34)31-23-16-11-18(3)17-19(23)4/h8-17,25-26H,6-7H2,1-5H3,(H,31,34)(H,32,38). The first-order valence-electron chi connectivity index (χ1n) is 12.9. The first-order chi connectivity index (χ1) is 18.3. The van der Waals surface area contributed by atoms with Gasteiger partial charge in [-0.15, -0.1) is 0 Å². The van der Waals surface area contributed by atoms with Gasteiger partial charge in [0.15, 0.2) is 22.3 Å². The zero-order valence-electron chi connectivity index (χ0n) is 22.3. The van der Waals surface area contributed by atoms with E-state index in [-0.39, 0.29) is 5.91 Å². The predicted molar refractivity (Wildman–Crippen MR) is 153 cm³/mol. The van der Waals surface area contributed by atoms with Gasteiger partial charge in [0.25, 0.3) is 0 Å². The molecule has 0 aliphatic carbocycles. The Morgan fingerprint density at radius 2 is 1.82 bits per heavy atom. The minimum Gasteiger partial charge on any atom is -0.494 e. The van der Waals surface area contributed by atoms with E-state index in [4.69, 9.17) is 26.4 Å². The maximum absolute atomic E-state index is 14.1. The summed E-state index contributed by atoms with van der Waals surface area (Å²) < 4.78 is 18.4. The van der Waals surface area contributed by atoms with Crippen molar-refractivity contribution in [1.29, 1.82) is 0 Å². The van der Waals surface area contributed by atoms with Gasteiger partial charge in [-0.2, -0.15) is 0 Å². The summed E-state index contributed by atoms with van der Waals surface area (Å²) in [5, 5.41) is 7.10. The Labute approximate surface area is 229 Å². The number of amides is 1. The molecule has 38 heavy (non-hydrogen) atoms. The summed E-state index contributed by atoms with van der Waals surface area (Å²) in [7, 11) is 0. The van der Waals surface area contributed by atoms with Gasteiger partial charge in [-0.05, 0) is 88.8 Å². The molecule has 3 unspecified atom stereocenters. The van der Waals surface area contributed by atoms with Gasteiger partial charge in [0.1, 0.15) is 11.7 Å². The lowest BCUT2D eigenvalue weighted by Crippen LogP contribution is -2.72. The largest absolute Gasteiger partial charge is 0.494 e. The number of thiocarbonyl (C=S) groups is 1. The number of hydrogen-bond donors (Lipinski definition) is 2. The zero-order valence-corrected chi connectivity index (χ0v) is 23.1. The van der Waals surface area contributed by atoms with Crippen LogP contribution in [0.3, 0.4) is 0 Å². The smallest absolute Gasteiger partial charge is 0.236 e. The Kier molecular flexibility index (Phi) is 6.92. The number of para-hydroxylation sites is 1. The summed E-state index contributed by atoms with van der Waals surface area (Å²) >= 11 is 5.88. The highest BCUT2D eigenvalue weighted by Crippen LogP contribution is 2.52. The molecule has 0 radical (unpaired) electrons. The number of rotatable bonds is 7. The molecular weight excluding hydrogens is 498 g/mol. The molecule has 2 N–H and O–H groups in total. The molecule has 2 aliphatic heterocycles. The lowest BCUT2D eigenvalue weighted by Gasteiger charge is -2.56. The summed E-state index contributed by atoms with van der Waals surface area (Å²) in [6, 6.07) is 19.0. The fourth-order valence-electron chi connectivity index (χ4n) is 5.45. The Bertz CT molecular complexity index is 1380. The third-order valence-electron chi connectivity index (χ3n) is 7.12. The van der Waals surface area contributed by atoms with Crippen LogP contribution in [-0.2, 0) is 4.79 Å². The summed E-state index contributed by atoms with van der Waals surface area (Å²) in [6.07, 6.45) is 0. The Morgan fingerprint density at radius 3 is 2.50 bits per heavy atom. The van der Waals surface area contributed by atoms with Crippen molar-refractivity contribution in [3.8, 4) is 17.2 Å². The molecule has 1 amide bonds. The third-order valence-corrected chi connectivity index (χ3v) is 7.42. The normalized spacial score (nSPS) is 21.6. The zero-order chi connectivity index (χ0) is 27.0. The minimum absolute atomic E-state index is 0.164. The van der Waals surface area contributed by atoms with Crippen LogP contribution in [0.15, 0.2) is 60.7 Å². The molecule has 5 rings (SSSR count). The quantitative estimate of drug-likeness (QED) is 0.368. The second-order valence-electron chi connectivity index (χ2n) is 9.74. The number of ether oxygens (including phenoxy) is 3. The predicted octanol–water partition coefficient (Wildman–Crippen LogP) is 5.90. The molecule has 198 valence electrons. The Morgan fingerprint density at radius 1 is 1.08 bits per heavy atom. The van der Waals surface area contributed by atoms with Crippen molar-refractivity contribution in [3.05, 3.63) is 77.4 Å². The second-order valence-corrected chi connectivity index (χ2v) is 10.1. The number of fused-ring (bicyclic) bond motifs is 4. The lowest BCUT2D eigenvalue weighted by atomic mass is 9.78. The van der Waals surface area contributed by atoms with E-state index in [1.165, 1.54) is 0 Å². The highest BCUT2D eigenvalue weighted by atomic mass is 32.1. The highest BCUT2D eigenvalue weighted by molar-refractivity contribution is 7.80. The average molecular weight is 532 g/mol. The van der Waals surface area contributed by atoms with Crippen LogP contribution in [0.5, 0.6) is 17.2 Å². The van der Waals surface area contributed by atoms with Crippen LogP contribution in [0.1, 0.15) is 43.5 Å². The van der Waals surface area contributed by atoms with E-state index in [0.717, 1.165) is 33.8 Å². The van der Waals surface area contributed by atoms with Crippen molar-refractivity contribution in [1.82, 2.24) is 5.32 Å². The van der Waals surface area contributed by atoms with E-state index in [0.29, 0.717) is 29.8 Å². The third kappa shape index (κ3) is 4.43. The summed E-state index contributed by atoms with van der Waals surface area (Å²) in [4.78, 5) is 16.0. The Hall–Kier alpha value is -3.78. The molecule has 2 bridgehead atoms. The topological polar surface area (TPSA) is 72.1 Å². The molecule has 0 aromatic heterocycles. The van der Waals surface area contributed by atoms with Crippen LogP contribution < -0.4 is 29.7 Å². The molecule has 8 heteroatoms. The number of aryl methyl sites for hydroxylation is 2. The van der Waals surface area contributed by atoms with Crippen LogP contribution >= 0.6 is 12.2 Å². The van der Waals surface area contributed by atoms with Crippen LogP contribution in [0.4, 0.5) is 11.4 Å². The molecule has 3 aromatic carbocycles. The maximum atomic E-state index is 14.1. The van der Waals surface area contributed by atoms with Crippen molar-refractivity contribution in [2.45, 2.75) is 46.4 Å².